The molecule has 3 rings (SSSR count). The molecule has 3 aromatic rings. The number of esters is 1. The fourth-order valence-electron chi connectivity index (χ4n) is 2.82. The summed E-state index contributed by atoms with van der Waals surface area (Å²) in [4.78, 5) is 23.8. The summed E-state index contributed by atoms with van der Waals surface area (Å²) < 4.78 is 5.31. The van der Waals surface area contributed by atoms with E-state index in [9.17, 15) is 15.2 Å². The van der Waals surface area contributed by atoms with Crippen molar-refractivity contribution in [3.8, 4) is 6.07 Å². The molecule has 28 heavy (non-hydrogen) atoms. The number of nitrogens with one attached hydrogen (secondary N) is 1. The first-order chi connectivity index (χ1) is 13.3. The van der Waals surface area contributed by atoms with Crippen LogP contribution in [0.5, 0.6) is 0 Å². The van der Waals surface area contributed by atoms with Gasteiger partial charge >= 0.3 is 5.97 Å². The van der Waals surface area contributed by atoms with Crippen LogP contribution in [0.25, 0.3) is 16.6 Å². The van der Waals surface area contributed by atoms with E-state index in [1.165, 1.54) is 6.92 Å². The number of allylic oxidation sites excluding steroid dienone is 1. The molecule has 1 atom stereocenters. The van der Waals surface area contributed by atoms with Gasteiger partial charge in [0, 0.05) is 5.69 Å². The number of hydrogen-bond donors (Lipinski definition) is 2. The lowest BCUT2D eigenvalue weighted by atomic mass is 10.1. The molecule has 8 heteroatoms. The molecular formula is C20H17ClN4O3. The summed E-state index contributed by atoms with van der Waals surface area (Å²) in [6.45, 7) is 4.93. The minimum Gasteiger partial charge on any atom is -0.507 e. The van der Waals surface area contributed by atoms with Crippen LogP contribution in [0.15, 0.2) is 36.1 Å². The van der Waals surface area contributed by atoms with Crippen LogP contribution in [0.1, 0.15) is 34.4 Å². The van der Waals surface area contributed by atoms with Gasteiger partial charge in [0.2, 0.25) is 0 Å². The van der Waals surface area contributed by atoms with Crippen LogP contribution < -0.4 is 0 Å². The van der Waals surface area contributed by atoms with Crippen LogP contribution in [0.2, 0.25) is 5.15 Å². The second-order valence-electron chi connectivity index (χ2n) is 6.27. The van der Waals surface area contributed by atoms with E-state index in [1.54, 1.807) is 32.0 Å². The van der Waals surface area contributed by atoms with Crippen molar-refractivity contribution in [2.75, 3.05) is 0 Å². The highest BCUT2D eigenvalue weighted by molar-refractivity contribution is 6.32. The van der Waals surface area contributed by atoms with Crippen LogP contribution >= 0.6 is 11.6 Å². The van der Waals surface area contributed by atoms with Gasteiger partial charge in [0.1, 0.15) is 16.8 Å². The number of ether oxygens (including phenoxy) is 1. The van der Waals surface area contributed by atoms with Crippen LogP contribution in [-0.2, 0) is 4.74 Å². The number of pyridine rings is 1. The van der Waals surface area contributed by atoms with Crippen molar-refractivity contribution in [3.05, 3.63) is 63.9 Å². The molecular weight excluding hydrogens is 380 g/mol. The Hall–Kier alpha value is -3.37. The lowest BCUT2D eigenvalue weighted by molar-refractivity contribution is 0.0333. The molecule has 0 radical (unpaired) electrons. The Morgan fingerprint density at radius 2 is 2.04 bits per heavy atom. The lowest BCUT2D eigenvalue weighted by Crippen LogP contribution is -2.20. The third kappa shape index (κ3) is 3.68. The number of carbonyl (C=O) groups is 1. The summed E-state index contributed by atoms with van der Waals surface area (Å²) in [6.07, 6.45) is -1.09. The first-order valence-electron chi connectivity index (χ1n) is 8.45. The van der Waals surface area contributed by atoms with Crippen LogP contribution in [0, 0.1) is 25.2 Å². The maximum atomic E-state index is 12.5. The van der Waals surface area contributed by atoms with Crippen molar-refractivity contribution in [2.24, 2.45) is 0 Å². The zero-order valence-corrected chi connectivity index (χ0v) is 16.2. The van der Waals surface area contributed by atoms with E-state index >= 15 is 0 Å². The summed E-state index contributed by atoms with van der Waals surface area (Å²) in [5.74, 6) is -0.963. The number of H-pyrrole nitrogens is 1. The molecule has 0 saturated heterocycles. The van der Waals surface area contributed by atoms with E-state index in [2.05, 4.69) is 15.0 Å². The number of hydrogen-bond acceptors (Lipinski definition) is 6. The van der Waals surface area contributed by atoms with Crippen molar-refractivity contribution in [1.29, 1.82) is 5.26 Å². The number of aliphatic hydroxyl groups is 1. The second-order valence-corrected chi connectivity index (χ2v) is 6.63. The molecule has 0 aliphatic rings. The molecule has 2 N–H and O–H groups in total. The van der Waals surface area contributed by atoms with Crippen molar-refractivity contribution in [2.45, 2.75) is 26.9 Å². The number of aliphatic hydroxyl groups excluding tert-OH is 1. The molecule has 0 aliphatic heterocycles. The Balaban J connectivity index is 1.91. The Labute approximate surface area is 166 Å². The van der Waals surface area contributed by atoms with Crippen molar-refractivity contribution in [3.63, 3.8) is 0 Å². The minimum absolute atomic E-state index is 0.0240. The van der Waals surface area contributed by atoms with Gasteiger partial charge < -0.3 is 14.8 Å². The maximum Gasteiger partial charge on any atom is 0.342 e. The quantitative estimate of drug-likeness (QED) is 0.295. The number of carbonyl (C=O) groups excluding carboxylic acids is 1. The summed E-state index contributed by atoms with van der Waals surface area (Å²) in [7, 11) is 0. The van der Waals surface area contributed by atoms with Crippen LogP contribution in [-0.4, -0.2) is 32.1 Å². The molecule has 7 nitrogen and oxygen atoms in total. The fraction of sp³-hybridized carbons (Fsp3) is 0.200. The summed E-state index contributed by atoms with van der Waals surface area (Å²) >= 11 is 6.07. The third-order valence-electron chi connectivity index (χ3n) is 4.17. The standard InChI is InChI=1S/C20H17ClN4O3/c1-10-8-11(2)23-18(21)16(10)20(27)28-12(3)17(26)13(9-22)19-24-14-6-4-5-7-15(14)25-19/h4-8,12,26H,1-3H3,(H,24,25)/b17-13-/t12-/m0/s1. The monoisotopic (exact) mass is 396 g/mol. The number of nitriles is 1. The van der Waals surface area contributed by atoms with E-state index in [-0.39, 0.29) is 22.1 Å². The maximum absolute atomic E-state index is 12.5. The molecule has 142 valence electrons. The van der Waals surface area contributed by atoms with Gasteiger partial charge in [0.15, 0.2) is 17.7 Å². The Bertz CT molecular complexity index is 1090. The van der Waals surface area contributed by atoms with Crippen molar-refractivity contribution in [1.82, 2.24) is 15.0 Å². The Kier molecular flexibility index (Phi) is 5.34. The smallest absolute Gasteiger partial charge is 0.342 e. The van der Waals surface area contributed by atoms with Crippen LogP contribution in [0.4, 0.5) is 0 Å². The Morgan fingerprint density at radius 1 is 1.32 bits per heavy atom. The summed E-state index contributed by atoms with van der Waals surface area (Å²) in [5.41, 5.74) is 2.66. The number of nitrogens with zero attached hydrogens (tertiary/aromatic N) is 3. The average molecular weight is 397 g/mol. The average Bonchev–Trinajstić information content (AvgIpc) is 3.04. The topological polar surface area (TPSA) is 112 Å². The zero-order chi connectivity index (χ0) is 20.4. The molecule has 1 aromatic carbocycles. The SMILES string of the molecule is Cc1cc(C)c(C(=O)O[C@@H](C)/C(O)=C(\C#N)c2nc3ccccc3[nH]2)c(Cl)n1. The number of aromatic nitrogens is 3. The summed E-state index contributed by atoms with van der Waals surface area (Å²) in [5, 5.41) is 20.0. The summed E-state index contributed by atoms with van der Waals surface area (Å²) in [6, 6.07) is 10.8. The number of rotatable bonds is 4. The van der Waals surface area contributed by atoms with Gasteiger partial charge in [-0.05, 0) is 44.5 Å². The predicted octanol–water partition coefficient (Wildman–Crippen LogP) is 4.27. The van der Waals surface area contributed by atoms with E-state index in [4.69, 9.17) is 16.3 Å². The highest BCUT2D eigenvalue weighted by atomic mass is 35.5. The predicted molar refractivity (Wildman–Crippen MR) is 105 cm³/mol. The fourth-order valence-corrected chi connectivity index (χ4v) is 3.18. The first-order valence-corrected chi connectivity index (χ1v) is 8.82. The number of aryl methyl sites for hydroxylation is 2. The number of fused-ring (bicyclic) bond motifs is 1. The number of benzene rings is 1. The molecule has 0 unspecified atom stereocenters. The number of imidazole rings is 1. The highest BCUT2D eigenvalue weighted by Crippen LogP contribution is 2.24. The highest BCUT2D eigenvalue weighted by Gasteiger charge is 2.24. The van der Waals surface area contributed by atoms with Gasteiger partial charge in [0.25, 0.3) is 0 Å². The van der Waals surface area contributed by atoms with Gasteiger partial charge in [-0.3, -0.25) is 0 Å². The number of para-hydroxylation sites is 2. The van der Waals surface area contributed by atoms with Gasteiger partial charge in [-0.15, -0.1) is 0 Å². The minimum atomic E-state index is -1.09. The van der Waals surface area contributed by atoms with Gasteiger partial charge in [-0.2, -0.15) is 5.26 Å². The second kappa shape index (κ2) is 7.71. The molecule has 2 heterocycles. The molecule has 0 bridgehead atoms. The van der Waals surface area contributed by atoms with Gasteiger partial charge in [-0.1, -0.05) is 23.7 Å². The Morgan fingerprint density at radius 3 is 2.68 bits per heavy atom. The van der Waals surface area contributed by atoms with Gasteiger partial charge in [0.05, 0.1) is 16.6 Å². The molecule has 0 aliphatic carbocycles. The van der Waals surface area contributed by atoms with Crippen molar-refractivity contribution >= 4 is 34.2 Å². The normalized spacial score (nSPS) is 13.0. The van der Waals surface area contributed by atoms with E-state index in [1.807, 2.05) is 18.2 Å². The molecule has 0 amide bonds. The van der Waals surface area contributed by atoms with Crippen LogP contribution in [0.3, 0.4) is 0 Å². The molecule has 0 fully saturated rings. The van der Waals surface area contributed by atoms with E-state index < -0.39 is 17.8 Å². The lowest BCUT2D eigenvalue weighted by Gasteiger charge is -2.15. The molecule has 2 aromatic heterocycles. The first kappa shape index (κ1) is 19.4. The van der Waals surface area contributed by atoms with Crippen molar-refractivity contribution < 1.29 is 14.6 Å². The van der Waals surface area contributed by atoms with Gasteiger partial charge in [-0.25, -0.2) is 14.8 Å². The number of halogens is 1. The molecule has 0 saturated carbocycles. The third-order valence-corrected chi connectivity index (χ3v) is 4.44. The number of aromatic amines is 1. The molecule has 0 spiro atoms. The zero-order valence-electron chi connectivity index (χ0n) is 15.4. The largest absolute Gasteiger partial charge is 0.507 e. The van der Waals surface area contributed by atoms with E-state index in [0.29, 0.717) is 16.8 Å². The van der Waals surface area contributed by atoms with E-state index in [0.717, 1.165) is 5.52 Å².